The SMILES string of the molecule is O=c1[nH]c(C2CCCS2)nc(C2CC2)c1I. The van der Waals surface area contributed by atoms with Crippen LogP contribution in [0.15, 0.2) is 4.79 Å². The van der Waals surface area contributed by atoms with Crippen LogP contribution in [0.5, 0.6) is 0 Å². The van der Waals surface area contributed by atoms with Crippen molar-refractivity contribution in [3.8, 4) is 0 Å². The van der Waals surface area contributed by atoms with Gasteiger partial charge in [0, 0.05) is 5.92 Å². The van der Waals surface area contributed by atoms with Gasteiger partial charge < -0.3 is 4.98 Å². The Morgan fingerprint density at radius 2 is 2.19 bits per heavy atom. The van der Waals surface area contributed by atoms with E-state index < -0.39 is 0 Å². The maximum Gasteiger partial charge on any atom is 0.264 e. The Morgan fingerprint density at radius 1 is 1.38 bits per heavy atom. The normalized spacial score (nSPS) is 24.9. The molecular formula is C11H13IN2OS. The van der Waals surface area contributed by atoms with E-state index in [9.17, 15) is 4.79 Å². The second-order valence-corrected chi connectivity index (χ2v) is 6.82. The van der Waals surface area contributed by atoms with Crippen LogP contribution in [0, 0.1) is 3.57 Å². The van der Waals surface area contributed by atoms with Gasteiger partial charge in [0.05, 0.1) is 14.5 Å². The van der Waals surface area contributed by atoms with E-state index >= 15 is 0 Å². The largest absolute Gasteiger partial charge is 0.309 e. The van der Waals surface area contributed by atoms with Gasteiger partial charge in [-0.1, -0.05) is 0 Å². The molecule has 1 saturated heterocycles. The molecule has 1 aromatic heterocycles. The molecule has 0 radical (unpaired) electrons. The lowest BCUT2D eigenvalue weighted by molar-refractivity contribution is 0.754. The van der Waals surface area contributed by atoms with Crippen molar-refractivity contribution in [1.82, 2.24) is 9.97 Å². The first-order valence-electron chi connectivity index (χ1n) is 5.67. The molecule has 1 aromatic rings. The van der Waals surface area contributed by atoms with Crippen LogP contribution in [-0.2, 0) is 0 Å². The lowest BCUT2D eigenvalue weighted by Crippen LogP contribution is -2.18. The number of aromatic nitrogens is 2. The van der Waals surface area contributed by atoms with Gasteiger partial charge in [-0.05, 0) is 54.0 Å². The van der Waals surface area contributed by atoms with E-state index in [2.05, 4.69) is 27.6 Å². The van der Waals surface area contributed by atoms with Crippen molar-refractivity contribution in [3.63, 3.8) is 0 Å². The first-order valence-corrected chi connectivity index (χ1v) is 7.79. The van der Waals surface area contributed by atoms with E-state index in [-0.39, 0.29) is 5.56 Å². The molecule has 1 atom stereocenters. The third-order valence-corrected chi connectivity index (χ3v) is 5.53. The first kappa shape index (κ1) is 11.1. The summed E-state index contributed by atoms with van der Waals surface area (Å²) in [4.78, 5) is 19.5. The Kier molecular flexibility index (Phi) is 2.99. The van der Waals surface area contributed by atoms with Gasteiger partial charge in [-0.15, -0.1) is 0 Å². The molecule has 1 N–H and O–H groups in total. The summed E-state index contributed by atoms with van der Waals surface area (Å²) in [5.41, 5.74) is 1.10. The second kappa shape index (κ2) is 4.33. The minimum absolute atomic E-state index is 0.0556. The quantitative estimate of drug-likeness (QED) is 0.836. The lowest BCUT2D eigenvalue weighted by atomic mass is 10.2. The number of thioether (sulfide) groups is 1. The van der Waals surface area contributed by atoms with Crippen LogP contribution in [0.1, 0.15) is 48.4 Å². The van der Waals surface area contributed by atoms with Gasteiger partial charge in [-0.2, -0.15) is 11.8 Å². The van der Waals surface area contributed by atoms with Crippen LogP contribution in [0.3, 0.4) is 0 Å². The van der Waals surface area contributed by atoms with Crippen LogP contribution < -0.4 is 5.56 Å². The van der Waals surface area contributed by atoms with Gasteiger partial charge in [0.2, 0.25) is 0 Å². The summed E-state index contributed by atoms with van der Waals surface area (Å²) in [5, 5.41) is 0.419. The van der Waals surface area contributed by atoms with E-state index in [0.717, 1.165) is 21.5 Å². The third-order valence-electron chi connectivity index (χ3n) is 3.11. The summed E-state index contributed by atoms with van der Waals surface area (Å²) in [6.45, 7) is 0. The van der Waals surface area contributed by atoms with Gasteiger partial charge >= 0.3 is 0 Å². The highest BCUT2D eigenvalue weighted by Gasteiger charge is 2.30. The Labute approximate surface area is 112 Å². The highest BCUT2D eigenvalue weighted by molar-refractivity contribution is 14.1. The highest BCUT2D eigenvalue weighted by atomic mass is 127. The minimum atomic E-state index is 0.0556. The second-order valence-electron chi connectivity index (χ2n) is 4.43. The van der Waals surface area contributed by atoms with Crippen molar-refractivity contribution in [3.05, 3.63) is 25.4 Å². The van der Waals surface area contributed by atoms with E-state index in [0.29, 0.717) is 11.2 Å². The van der Waals surface area contributed by atoms with Gasteiger partial charge in [0.15, 0.2) is 0 Å². The monoisotopic (exact) mass is 348 g/mol. The van der Waals surface area contributed by atoms with Crippen LogP contribution >= 0.6 is 34.4 Å². The Balaban J connectivity index is 2.02. The summed E-state index contributed by atoms with van der Waals surface area (Å²) >= 11 is 4.04. The molecular weight excluding hydrogens is 335 g/mol. The molecule has 16 heavy (non-hydrogen) atoms. The topological polar surface area (TPSA) is 45.8 Å². The molecule has 0 amide bonds. The molecule has 5 heteroatoms. The average Bonchev–Trinajstić information content (AvgIpc) is 2.96. The molecule has 0 bridgehead atoms. The predicted octanol–water partition coefficient (Wildman–Crippen LogP) is 2.82. The average molecular weight is 348 g/mol. The van der Waals surface area contributed by atoms with Crippen LogP contribution in [0.25, 0.3) is 0 Å². The maximum atomic E-state index is 11.8. The van der Waals surface area contributed by atoms with Crippen molar-refractivity contribution in [2.75, 3.05) is 5.75 Å². The van der Waals surface area contributed by atoms with Crippen molar-refractivity contribution in [1.29, 1.82) is 0 Å². The molecule has 1 saturated carbocycles. The van der Waals surface area contributed by atoms with Crippen molar-refractivity contribution in [2.24, 2.45) is 0 Å². The summed E-state index contributed by atoms with van der Waals surface area (Å²) < 4.78 is 0.798. The lowest BCUT2D eigenvalue weighted by Gasteiger charge is -2.10. The molecule has 1 aliphatic heterocycles. The van der Waals surface area contributed by atoms with E-state index in [1.165, 1.54) is 25.0 Å². The van der Waals surface area contributed by atoms with Crippen LogP contribution in [-0.4, -0.2) is 15.7 Å². The fourth-order valence-corrected chi connectivity index (χ4v) is 3.98. The van der Waals surface area contributed by atoms with Crippen molar-refractivity contribution >= 4 is 34.4 Å². The molecule has 2 aliphatic rings. The van der Waals surface area contributed by atoms with Crippen molar-refractivity contribution in [2.45, 2.75) is 36.9 Å². The Bertz CT molecular complexity index is 464. The highest BCUT2D eigenvalue weighted by Crippen LogP contribution is 2.42. The van der Waals surface area contributed by atoms with Crippen molar-refractivity contribution < 1.29 is 0 Å². The smallest absolute Gasteiger partial charge is 0.264 e. The number of nitrogens with one attached hydrogen (secondary N) is 1. The van der Waals surface area contributed by atoms with Gasteiger partial charge in [0.25, 0.3) is 5.56 Å². The summed E-state index contributed by atoms with van der Waals surface area (Å²) in [7, 11) is 0. The predicted molar refractivity (Wildman–Crippen MR) is 74.0 cm³/mol. The number of hydrogen-bond donors (Lipinski definition) is 1. The van der Waals surface area contributed by atoms with Crippen LogP contribution in [0.4, 0.5) is 0 Å². The number of rotatable bonds is 2. The fraction of sp³-hybridized carbons (Fsp3) is 0.636. The third kappa shape index (κ3) is 2.03. The molecule has 86 valence electrons. The standard InChI is InChI=1S/C11H13IN2OS/c12-8-9(6-3-4-6)13-10(14-11(8)15)7-2-1-5-16-7/h6-7H,1-5H2,(H,13,14,15). The number of nitrogens with zero attached hydrogens (tertiary/aromatic N) is 1. The van der Waals surface area contributed by atoms with E-state index in [4.69, 9.17) is 4.98 Å². The minimum Gasteiger partial charge on any atom is -0.309 e. The summed E-state index contributed by atoms with van der Waals surface area (Å²) in [5.74, 6) is 2.66. The molecule has 2 heterocycles. The fourth-order valence-electron chi connectivity index (χ4n) is 2.07. The number of hydrogen-bond acceptors (Lipinski definition) is 3. The maximum absolute atomic E-state index is 11.8. The number of H-pyrrole nitrogens is 1. The van der Waals surface area contributed by atoms with Gasteiger partial charge in [-0.3, -0.25) is 4.79 Å². The molecule has 3 rings (SSSR count). The van der Waals surface area contributed by atoms with Crippen LogP contribution in [0.2, 0.25) is 0 Å². The molecule has 2 fully saturated rings. The molecule has 0 spiro atoms. The zero-order chi connectivity index (χ0) is 11.1. The molecule has 1 unspecified atom stereocenters. The van der Waals surface area contributed by atoms with E-state index in [1.807, 2.05) is 11.8 Å². The molecule has 1 aliphatic carbocycles. The van der Waals surface area contributed by atoms with Gasteiger partial charge in [-0.25, -0.2) is 4.98 Å². The number of halogens is 1. The van der Waals surface area contributed by atoms with E-state index in [1.54, 1.807) is 0 Å². The molecule has 0 aromatic carbocycles. The Morgan fingerprint density at radius 3 is 2.81 bits per heavy atom. The first-order chi connectivity index (χ1) is 7.75. The summed E-state index contributed by atoms with van der Waals surface area (Å²) in [6, 6.07) is 0. The summed E-state index contributed by atoms with van der Waals surface area (Å²) in [6.07, 6.45) is 4.79. The zero-order valence-corrected chi connectivity index (χ0v) is 11.8. The zero-order valence-electron chi connectivity index (χ0n) is 8.83. The van der Waals surface area contributed by atoms with Gasteiger partial charge in [0.1, 0.15) is 5.82 Å². The number of aromatic amines is 1. The Hall–Kier alpha value is -0.0400. The molecule has 3 nitrogen and oxygen atoms in total.